The van der Waals surface area contributed by atoms with Crippen LogP contribution in [0.1, 0.15) is 19.4 Å². The van der Waals surface area contributed by atoms with E-state index in [2.05, 4.69) is 48.6 Å². The molecule has 2 unspecified atom stereocenters. The van der Waals surface area contributed by atoms with Crippen LogP contribution in [0.4, 0.5) is 0 Å². The van der Waals surface area contributed by atoms with Crippen molar-refractivity contribution < 1.29 is 9.47 Å². The molecule has 0 spiro atoms. The van der Waals surface area contributed by atoms with E-state index in [9.17, 15) is 0 Å². The number of rotatable bonds is 4. The molecular formula is C19H24N2O2. The summed E-state index contributed by atoms with van der Waals surface area (Å²) in [5.74, 6) is 0.888. The van der Waals surface area contributed by atoms with Gasteiger partial charge in [0.15, 0.2) is 0 Å². The lowest BCUT2D eigenvalue weighted by Crippen LogP contribution is -2.53. The summed E-state index contributed by atoms with van der Waals surface area (Å²) in [5.41, 5.74) is 8.94. The number of nitrogens with two attached hydrogens (primary N) is 1. The molecule has 1 aliphatic rings. The van der Waals surface area contributed by atoms with Crippen LogP contribution in [0.2, 0.25) is 0 Å². The topological polar surface area (TPSA) is 56.5 Å². The molecule has 4 heteroatoms. The van der Waals surface area contributed by atoms with Crippen LogP contribution in [0.25, 0.3) is 11.1 Å². The normalized spacial score (nSPS) is 24.4. The van der Waals surface area contributed by atoms with Gasteiger partial charge in [-0.1, -0.05) is 30.3 Å². The molecule has 2 aromatic carbocycles. The average molecular weight is 312 g/mol. The summed E-state index contributed by atoms with van der Waals surface area (Å²) in [6.45, 7) is 6.17. The van der Waals surface area contributed by atoms with Crippen LogP contribution in [0.3, 0.4) is 0 Å². The van der Waals surface area contributed by atoms with Crippen LogP contribution in [-0.2, 0) is 10.3 Å². The van der Waals surface area contributed by atoms with E-state index in [-0.39, 0.29) is 6.23 Å². The van der Waals surface area contributed by atoms with Crippen LogP contribution in [-0.4, -0.2) is 25.9 Å². The second-order valence-corrected chi connectivity index (χ2v) is 6.06. The first-order valence-electron chi connectivity index (χ1n) is 8.08. The molecule has 0 aromatic heterocycles. The Kier molecular flexibility index (Phi) is 4.66. The van der Waals surface area contributed by atoms with Crippen molar-refractivity contribution in [1.29, 1.82) is 0 Å². The fourth-order valence-electron chi connectivity index (χ4n) is 3.00. The molecule has 1 fully saturated rings. The van der Waals surface area contributed by atoms with Crippen LogP contribution in [0.15, 0.2) is 48.5 Å². The van der Waals surface area contributed by atoms with Gasteiger partial charge >= 0.3 is 0 Å². The number of nitrogens with one attached hydrogen (secondary N) is 1. The van der Waals surface area contributed by atoms with Crippen molar-refractivity contribution >= 4 is 0 Å². The first-order valence-corrected chi connectivity index (χ1v) is 8.08. The molecule has 1 aliphatic heterocycles. The lowest BCUT2D eigenvalue weighted by atomic mass is 9.91. The summed E-state index contributed by atoms with van der Waals surface area (Å²) in [6.07, 6.45) is -0.279. The highest BCUT2D eigenvalue weighted by Gasteiger charge is 2.33. The van der Waals surface area contributed by atoms with Gasteiger partial charge in [0.25, 0.3) is 0 Å². The van der Waals surface area contributed by atoms with Gasteiger partial charge in [0.2, 0.25) is 0 Å². The number of hydrogen-bond acceptors (Lipinski definition) is 4. The second kappa shape index (κ2) is 6.71. The predicted molar refractivity (Wildman–Crippen MR) is 92.3 cm³/mol. The van der Waals surface area contributed by atoms with Gasteiger partial charge < -0.3 is 20.5 Å². The van der Waals surface area contributed by atoms with Crippen molar-refractivity contribution in [2.75, 3.05) is 19.7 Å². The molecule has 4 nitrogen and oxygen atoms in total. The molecule has 1 saturated heterocycles. The largest absolute Gasteiger partial charge is 0.494 e. The molecule has 2 atom stereocenters. The van der Waals surface area contributed by atoms with Gasteiger partial charge in [-0.25, -0.2) is 0 Å². The highest BCUT2D eigenvalue weighted by atomic mass is 16.5. The minimum absolute atomic E-state index is 0.279. The van der Waals surface area contributed by atoms with E-state index in [4.69, 9.17) is 15.2 Å². The standard InChI is InChI=1S/C19H24N2O2/c1-3-22-17-9-5-7-15(11-17)14-6-4-8-16(10-14)19(2)13-21-12-18(20)23-19/h4-11,18,21H,3,12-13,20H2,1-2H3. The van der Waals surface area contributed by atoms with E-state index in [1.54, 1.807) is 0 Å². The predicted octanol–water partition coefficient (Wildman–Crippen LogP) is 2.87. The number of ether oxygens (including phenoxy) is 2. The Labute approximate surface area is 137 Å². The van der Waals surface area contributed by atoms with Gasteiger partial charge in [0.1, 0.15) is 17.6 Å². The minimum Gasteiger partial charge on any atom is -0.494 e. The molecule has 0 radical (unpaired) electrons. The van der Waals surface area contributed by atoms with Crippen molar-refractivity contribution in [2.45, 2.75) is 25.7 Å². The van der Waals surface area contributed by atoms with Gasteiger partial charge in [0.05, 0.1) is 6.61 Å². The molecular weight excluding hydrogens is 288 g/mol. The van der Waals surface area contributed by atoms with E-state index in [0.717, 1.165) is 29.0 Å². The summed E-state index contributed by atoms with van der Waals surface area (Å²) in [6, 6.07) is 16.6. The highest BCUT2D eigenvalue weighted by Crippen LogP contribution is 2.32. The Morgan fingerprint density at radius 3 is 2.70 bits per heavy atom. The number of morpholine rings is 1. The monoisotopic (exact) mass is 312 g/mol. The Hall–Kier alpha value is -1.88. The first-order chi connectivity index (χ1) is 11.1. The van der Waals surface area contributed by atoms with Crippen molar-refractivity contribution in [3.8, 4) is 16.9 Å². The van der Waals surface area contributed by atoms with E-state index in [1.165, 1.54) is 0 Å². The SMILES string of the molecule is CCOc1cccc(-c2cccc(C3(C)CNCC(N)O3)c2)c1. The van der Waals surface area contributed by atoms with Gasteiger partial charge in [-0.2, -0.15) is 0 Å². The maximum Gasteiger partial charge on any atom is 0.119 e. The Morgan fingerprint density at radius 1 is 1.22 bits per heavy atom. The van der Waals surface area contributed by atoms with E-state index < -0.39 is 5.60 Å². The minimum atomic E-state index is -0.412. The zero-order valence-electron chi connectivity index (χ0n) is 13.7. The highest BCUT2D eigenvalue weighted by molar-refractivity contribution is 5.66. The molecule has 0 bridgehead atoms. The van der Waals surface area contributed by atoms with Crippen LogP contribution in [0.5, 0.6) is 5.75 Å². The summed E-state index contributed by atoms with van der Waals surface area (Å²) < 4.78 is 11.6. The third-order valence-electron chi connectivity index (χ3n) is 4.17. The van der Waals surface area contributed by atoms with Gasteiger partial charge in [-0.05, 0) is 48.7 Å². The van der Waals surface area contributed by atoms with Crippen molar-refractivity contribution in [3.05, 3.63) is 54.1 Å². The molecule has 1 heterocycles. The number of hydrogen-bond donors (Lipinski definition) is 2. The summed E-state index contributed by atoms with van der Waals surface area (Å²) in [7, 11) is 0. The summed E-state index contributed by atoms with van der Waals surface area (Å²) in [5, 5.41) is 3.34. The maximum atomic E-state index is 6.00. The molecule has 3 rings (SSSR count). The molecule has 0 amide bonds. The lowest BCUT2D eigenvalue weighted by Gasteiger charge is -2.38. The van der Waals surface area contributed by atoms with E-state index in [0.29, 0.717) is 13.2 Å². The molecule has 0 saturated carbocycles. The quantitative estimate of drug-likeness (QED) is 0.911. The second-order valence-electron chi connectivity index (χ2n) is 6.06. The first kappa shape index (κ1) is 16.0. The molecule has 3 N–H and O–H groups in total. The molecule has 122 valence electrons. The smallest absolute Gasteiger partial charge is 0.119 e. The summed E-state index contributed by atoms with van der Waals surface area (Å²) >= 11 is 0. The lowest BCUT2D eigenvalue weighted by molar-refractivity contribution is -0.107. The third kappa shape index (κ3) is 3.55. The van der Waals surface area contributed by atoms with Gasteiger partial charge in [0, 0.05) is 13.1 Å². The van der Waals surface area contributed by atoms with Crippen molar-refractivity contribution in [1.82, 2.24) is 5.32 Å². The number of benzene rings is 2. The van der Waals surface area contributed by atoms with Crippen LogP contribution in [0, 0.1) is 0 Å². The maximum absolute atomic E-state index is 6.00. The van der Waals surface area contributed by atoms with Crippen molar-refractivity contribution in [3.63, 3.8) is 0 Å². The van der Waals surface area contributed by atoms with E-state index >= 15 is 0 Å². The molecule has 0 aliphatic carbocycles. The van der Waals surface area contributed by atoms with Gasteiger partial charge in [-0.15, -0.1) is 0 Å². The van der Waals surface area contributed by atoms with Crippen LogP contribution >= 0.6 is 0 Å². The average Bonchev–Trinajstić information content (AvgIpc) is 2.55. The zero-order chi connectivity index (χ0) is 16.3. The molecule has 2 aromatic rings. The fourth-order valence-corrected chi connectivity index (χ4v) is 3.00. The Bertz CT molecular complexity index is 674. The Balaban J connectivity index is 1.92. The zero-order valence-corrected chi connectivity index (χ0v) is 13.7. The van der Waals surface area contributed by atoms with Gasteiger partial charge in [-0.3, -0.25) is 0 Å². The Morgan fingerprint density at radius 2 is 1.96 bits per heavy atom. The molecule has 23 heavy (non-hydrogen) atoms. The van der Waals surface area contributed by atoms with E-state index in [1.807, 2.05) is 19.1 Å². The third-order valence-corrected chi connectivity index (χ3v) is 4.17. The summed E-state index contributed by atoms with van der Waals surface area (Å²) in [4.78, 5) is 0. The fraction of sp³-hybridized carbons (Fsp3) is 0.368. The van der Waals surface area contributed by atoms with Crippen molar-refractivity contribution in [2.24, 2.45) is 5.73 Å². The van der Waals surface area contributed by atoms with Crippen LogP contribution < -0.4 is 15.8 Å².